The van der Waals surface area contributed by atoms with Crippen molar-refractivity contribution in [1.82, 2.24) is 10.2 Å². The van der Waals surface area contributed by atoms with E-state index in [1.807, 2.05) is 6.92 Å². The first-order valence-corrected chi connectivity index (χ1v) is 10.8. The number of likely N-dealkylation sites (tertiary alicyclic amines) is 1. The smallest absolute Gasteiger partial charge is 0.225 e. The van der Waals surface area contributed by atoms with Crippen molar-refractivity contribution in [2.45, 2.75) is 70.8 Å². The van der Waals surface area contributed by atoms with E-state index in [1.165, 1.54) is 11.1 Å². The lowest BCUT2D eigenvalue weighted by Gasteiger charge is -2.46. The van der Waals surface area contributed by atoms with Crippen LogP contribution in [0, 0.1) is 17.8 Å². The number of nitrogens with zero attached hydrogens (tertiary/aromatic N) is 1. The highest BCUT2D eigenvalue weighted by atomic mass is 16.2. The monoisotopic (exact) mass is 382 g/mol. The zero-order chi connectivity index (χ0) is 20.3. The lowest BCUT2D eigenvalue weighted by molar-refractivity contribution is -0.142. The van der Waals surface area contributed by atoms with Crippen LogP contribution in [0.15, 0.2) is 24.3 Å². The number of amides is 2. The van der Waals surface area contributed by atoms with Crippen LogP contribution in [0.25, 0.3) is 0 Å². The van der Waals surface area contributed by atoms with Crippen LogP contribution < -0.4 is 5.32 Å². The van der Waals surface area contributed by atoms with E-state index in [0.29, 0.717) is 30.1 Å². The molecular weight excluding hydrogens is 348 g/mol. The van der Waals surface area contributed by atoms with Gasteiger partial charge in [-0.05, 0) is 54.1 Å². The number of rotatable bonds is 4. The molecule has 152 valence electrons. The van der Waals surface area contributed by atoms with Crippen molar-refractivity contribution in [3.8, 4) is 0 Å². The van der Waals surface area contributed by atoms with Crippen LogP contribution >= 0.6 is 0 Å². The number of hydrogen-bond acceptors (Lipinski definition) is 2. The van der Waals surface area contributed by atoms with Gasteiger partial charge in [-0.2, -0.15) is 0 Å². The van der Waals surface area contributed by atoms with E-state index in [0.717, 1.165) is 25.9 Å². The number of carbonyl (C=O) groups excluding carboxylic acids is 2. The fraction of sp³-hybridized carbons (Fsp3) is 0.667. The Balaban J connectivity index is 1.31. The van der Waals surface area contributed by atoms with Crippen molar-refractivity contribution in [1.29, 1.82) is 0 Å². The van der Waals surface area contributed by atoms with Gasteiger partial charge in [0.2, 0.25) is 11.8 Å². The van der Waals surface area contributed by atoms with E-state index in [4.69, 9.17) is 0 Å². The molecule has 0 radical (unpaired) electrons. The highest BCUT2D eigenvalue weighted by Gasteiger charge is 2.58. The van der Waals surface area contributed by atoms with Gasteiger partial charge in [-0.1, -0.05) is 52.0 Å². The minimum absolute atomic E-state index is 0.0798. The topological polar surface area (TPSA) is 49.4 Å². The van der Waals surface area contributed by atoms with Crippen LogP contribution in [0.4, 0.5) is 0 Å². The molecule has 3 fully saturated rings. The zero-order valence-corrected chi connectivity index (χ0v) is 17.9. The number of carbonyl (C=O) groups is 2. The number of benzene rings is 1. The average molecular weight is 383 g/mol. The molecule has 3 aliphatic rings. The van der Waals surface area contributed by atoms with Crippen molar-refractivity contribution in [3.63, 3.8) is 0 Å². The fourth-order valence-corrected chi connectivity index (χ4v) is 5.40. The maximum Gasteiger partial charge on any atom is 0.225 e. The normalized spacial score (nSPS) is 33.8. The zero-order valence-electron chi connectivity index (χ0n) is 17.9. The van der Waals surface area contributed by atoms with Gasteiger partial charge in [-0.15, -0.1) is 0 Å². The molecule has 1 heterocycles. The van der Waals surface area contributed by atoms with E-state index >= 15 is 0 Å². The minimum Gasteiger partial charge on any atom is -0.351 e. The molecule has 1 N–H and O–H groups in total. The molecule has 4 nitrogen and oxygen atoms in total. The Bertz CT molecular complexity index is 776. The Morgan fingerprint density at radius 1 is 1.18 bits per heavy atom. The number of nitrogens with one attached hydrogen (secondary N) is 1. The molecule has 0 bridgehead atoms. The highest BCUT2D eigenvalue weighted by molar-refractivity contribution is 5.82. The summed E-state index contributed by atoms with van der Waals surface area (Å²) in [7, 11) is 0. The summed E-state index contributed by atoms with van der Waals surface area (Å²) in [4.78, 5) is 26.6. The van der Waals surface area contributed by atoms with Gasteiger partial charge in [0.15, 0.2) is 0 Å². The fourth-order valence-electron chi connectivity index (χ4n) is 5.40. The molecule has 0 spiro atoms. The molecule has 4 rings (SSSR count). The third-order valence-electron chi connectivity index (χ3n) is 7.15. The number of piperidine rings is 1. The summed E-state index contributed by atoms with van der Waals surface area (Å²) >= 11 is 0. The number of fused-ring (bicyclic) bond motifs is 1. The SMILES string of the molecule is CCC(=O)N[C@]1(C)C[C@H](C(=O)N2C[C@@H]3[C@H](C2)[C@H]3c2cccc(C(C)(C)C)c2)C1. The summed E-state index contributed by atoms with van der Waals surface area (Å²) in [5.74, 6) is 2.36. The van der Waals surface area contributed by atoms with E-state index in [1.54, 1.807) is 0 Å². The van der Waals surface area contributed by atoms with Crippen molar-refractivity contribution in [2.24, 2.45) is 17.8 Å². The van der Waals surface area contributed by atoms with Gasteiger partial charge in [-0.25, -0.2) is 0 Å². The van der Waals surface area contributed by atoms with E-state index in [9.17, 15) is 9.59 Å². The predicted octanol–water partition coefficient (Wildman–Crippen LogP) is 3.85. The van der Waals surface area contributed by atoms with Crippen LogP contribution in [-0.4, -0.2) is 35.3 Å². The first-order valence-electron chi connectivity index (χ1n) is 10.8. The first kappa shape index (κ1) is 19.5. The summed E-state index contributed by atoms with van der Waals surface area (Å²) in [5, 5.41) is 3.07. The van der Waals surface area contributed by atoms with Gasteiger partial charge < -0.3 is 10.2 Å². The second kappa shape index (κ2) is 6.60. The van der Waals surface area contributed by atoms with Gasteiger partial charge in [0.05, 0.1) is 0 Å². The Morgan fingerprint density at radius 2 is 1.82 bits per heavy atom. The highest BCUT2D eigenvalue weighted by Crippen LogP contribution is 2.59. The summed E-state index contributed by atoms with van der Waals surface area (Å²) in [6, 6.07) is 9.05. The van der Waals surface area contributed by atoms with Gasteiger partial charge in [0.25, 0.3) is 0 Å². The van der Waals surface area contributed by atoms with Crippen LogP contribution in [0.3, 0.4) is 0 Å². The van der Waals surface area contributed by atoms with Crippen molar-refractivity contribution < 1.29 is 9.59 Å². The Hall–Kier alpha value is -1.84. The van der Waals surface area contributed by atoms with Crippen LogP contribution in [-0.2, 0) is 15.0 Å². The molecule has 1 saturated heterocycles. The summed E-state index contributed by atoms with van der Waals surface area (Å²) in [6.45, 7) is 12.5. The van der Waals surface area contributed by atoms with Crippen molar-refractivity contribution in [2.75, 3.05) is 13.1 Å². The molecule has 3 atom stereocenters. The lowest BCUT2D eigenvalue weighted by atomic mass is 9.68. The minimum atomic E-state index is -0.188. The molecule has 1 aromatic rings. The second-order valence-corrected chi connectivity index (χ2v) is 10.5. The third-order valence-corrected chi connectivity index (χ3v) is 7.15. The molecule has 1 aliphatic heterocycles. The van der Waals surface area contributed by atoms with Gasteiger partial charge in [0.1, 0.15) is 0 Å². The number of hydrogen-bond donors (Lipinski definition) is 1. The van der Waals surface area contributed by atoms with E-state index < -0.39 is 0 Å². The molecule has 1 aromatic carbocycles. The molecule has 2 amide bonds. The Labute approximate surface area is 169 Å². The Morgan fingerprint density at radius 3 is 2.39 bits per heavy atom. The molecule has 0 unspecified atom stereocenters. The average Bonchev–Trinajstić information content (AvgIpc) is 3.11. The Kier molecular flexibility index (Phi) is 4.59. The van der Waals surface area contributed by atoms with Crippen LogP contribution in [0.1, 0.15) is 70.9 Å². The largest absolute Gasteiger partial charge is 0.351 e. The van der Waals surface area contributed by atoms with Crippen LogP contribution in [0.2, 0.25) is 0 Å². The molecule has 4 heteroatoms. The van der Waals surface area contributed by atoms with Crippen molar-refractivity contribution >= 4 is 11.8 Å². The van der Waals surface area contributed by atoms with Crippen LogP contribution in [0.5, 0.6) is 0 Å². The summed E-state index contributed by atoms with van der Waals surface area (Å²) in [5.41, 5.74) is 2.83. The van der Waals surface area contributed by atoms with Gasteiger partial charge in [0, 0.05) is 31.0 Å². The third kappa shape index (κ3) is 3.46. The second-order valence-electron chi connectivity index (χ2n) is 10.5. The lowest BCUT2D eigenvalue weighted by Crippen LogP contribution is -2.58. The molecule has 2 aliphatic carbocycles. The van der Waals surface area contributed by atoms with Crippen molar-refractivity contribution in [3.05, 3.63) is 35.4 Å². The summed E-state index contributed by atoms with van der Waals surface area (Å²) < 4.78 is 0. The maximum absolute atomic E-state index is 12.9. The first-order chi connectivity index (χ1) is 13.1. The predicted molar refractivity (Wildman–Crippen MR) is 111 cm³/mol. The maximum atomic E-state index is 12.9. The standard InChI is InChI=1S/C24H34N2O2/c1-6-20(27)25-24(5)11-16(12-24)22(28)26-13-18-19(14-26)21(18)15-8-7-9-17(10-15)23(2,3)4/h7-10,16,18-19,21H,6,11-14H2,1-5H3,(H,25,27)/t16-,18-,19+,21+,24+. The van der Waals surface area contributed by atoms with E-state index in [2.05, 4.69) is 62.2 Å². The molecule has 28 heavy (non-hydrogen) atoms. The summed E-state index contributed by atoms with van der Waals surface area (Å²) in [6.07, 6.45) is 2.06. The quantitative estimate of drug-likeness (QED) is 0.860. The van der Waals surface area contributed by atoms with Gasteiger partial charge in [-0.3, -0.25) is 9.59 Å². The molecular formula is C24H34N2O2. The van der Waals surface area contributed by atoms with E-state index in [-0.39, 0.29) is 22.8 Å². The molecule has 0 aromatic heterocycles. The molecule has 2 saturated carbocycles. The van der Waals surface area contributed by atoms with Gasteiger partial charge >= 0.3 is 0 Å².